The number of carbonyl (C=O) groups excluding carboxylic acids is 2. The first kappa shape index (κ1) is 20.4. The number of amides is 2. The molecule has 0 aliphatic carbocycles. The highest BCUT2D eigenvalue weighted by Crippen LogP contribution is 2.26. The number of rotatable bonds is 5. The van der Waals surface area contributed by atoms with Gasteiger partial charge < -0.3 is 4.74 Å². The molecule has 154 valence electrons. The Kier molecular flexibility index (Phi) is 5.86. The molecule has 31 heavy (non-hydrogen) atoms. The number of anilines is 1. The van der Waals surface area contributed by atoms with Gasteiger partial charge in [0.25, 0.3) is 11.8 Å². The van der Waals surface area contributed by atoms with Crippen LogP contribution in [0.25, 0.3) is 6.08 Å². The van der Waals surface area contributed by atoms with Crippen LogP contribution in [-0.4, -0.2) is 16.9 Å². The molecule has 0 spiro atoms. The molecule has 1 N–H and O–H groups in total. The number of carbonyl (C=O) groups is 2. The number of thiocarbonyl (C=S) groups is 1. The van der Waals surface area contributed by atoms with Gasteiger partial charge in [-0.2, -0.15) is 0 Å². The molecule has 1 aliphatic rings. The summed E-state index contributed by atoms with van der Waals surface area (Å²) in [6, 6.07) is 21.9. The van der Waals surface area contributed by atoms with Crippen LogP contribution in [0.5, 0.6) is 5.75 Å². The van der Waals surface area contributed by atoms with Crippen LogP contribution >= 0.6 is 12.2 Å². The minimum Gasteiger partial charge on any atom is -0.488 e. The summed E-state index contributed by atoms with van der Waals surface area (Å²) in [5, 5.41) is 2.58. The predicted molar refractivity (Wildman–Crippen MR) is 120 cm³/mol. The average Bonchev–Trinajstić information content (AvgIpc) is 2.76. The third-order valence-corrected chi connectivity index (χ3v) is 4.90. The maximum absolute atomic E-state index is 13.4. The third kappa shape index (κ3) is 4.51. The standard InChI is InChI=1S/C24H17FN2O3S/c25-18-9-6-7-16(13-18)15-30-21-12-5-4-8-17(21)14-20-22(28)26-24(31)27(23(20)29)19-10-2-1-3-11-19/h1-14H,15H2,(H,26,28,31). The predicted octanol–water partition coefficient (Wildman–Crippen LogP) is 4.24. The first-order valence-electron chi connectivity index (χ1n) is 9.46. The summed E-state index contributed by atoms with van der Waals surface area (Å²) in [5.41, 5.74) is 1.69. The van der Waals surface area contributed by atoms with E-state index in [0.29, 0.717) is 22.6 Å². The maximum Gasteiger partial charge on any atom is 0.270 e. The van der Waals surface area contributed by atoms with Gasteiger partial charge >= 0.3 is 0 Å². The van der Waals surface area contributed by atoms with Crippen molar-refractivity contribution in [1.29, 1.82) is 0 Å². The topological polar surface area (TPSA) is 58.6 Å². The summed E-state index contributed by atoms with van der Waals surface area (Å²) < 4.78 is 19.2. The van der Waals surface area contributed by atoms with Gasteiger partial charge in [-0.15, -0.1) is 0 Å². The summed E-state index contributed by atoms with van der Waals surface area (Å²) in [5.74, 6) is -1.00. The number of halogens is 1. The molecule has 4 rings (SSSR count). The molecule has 0 aromatic heterocycles. The summed E-state index contributed by atoms with van der Waals surface area (Å²) >= 11 is 5.20. The molecular weight excluding hydrogens is 415 g/mol. The number of ether oxygens (including phenoxy) is 1. The number of para-hydroxylation sites is 2. The summed E-state index contributed by atoms with van der Waals surface area (Å²) in [4.78, 5) is 26.9. The Hall–Kier alpha value is -3.84. The largest absolute Gasteiger partial charge is 0.488 e. The van der Waals surface area contributed by atoms with E-state index in [4.69, 9.17) is 17.0 Å². The van der Waals surface area contributed by atoms with Gasteiger partial charge in [-0.3, -0.25) is 19.8 Å². The molecule has 0 bridgehead atoms. The Bertz CT molecular complexity index is 1190. The lowest BCUT2D eigenvalue weighted by Crippen LogP contribution is -2.54. The lowest BCUT2D eigenvalue weighted by Gasteiger charge is -2.28. The van der Waals surface area contributed by atoms with Gasteiger partial charge in [-0.25, -0.2) is 4.39 Å². The molecule has 3 aromatic carbocycles. The highest BCUT2D eigenvalue weighted by molar-refractivity contribution is 7.80. The van der Waals surface area contributed by atoms with Gasteiger partial charge in [0, 0.05) is 5.56 Å². The Morgan fingerprint density at radius 2 is 1.71 bits per heavy atom. The minimum atomic E-state index is -0.581. The van der Waals surface area contributed by atoms with Crippen molar-refractivity contribution in [3.05, 3.63) is 101 Å². The molecule has 7 heteroatoms. The van der Waals surface area contributed by atoms with Crippen molar-refractivity contribution in [2.45, 2.75) is 6.61 Å². The lowest BCUT2D eigenvalue weighted by molar-refractivity contribution is -0.122. The van der Waals surface area contributed by atoms with Crippen LogP contribution in [0.3, 0.4) is 0 Å². The monoisotopic (exact) mass is 432 g/mol. The molecule has 0 radical (unpaired) electrons. The van der Waals surface area contributed by atoms with E-state index in [1.807, 2.05) is 6.07 Å². The fraction of sp³-hybridized carbons (Fsp3) is 0.0417. The number of nitrogens with zero attached hydrogens (tertiary/aromatic N) is 1. The SMILES string of the molecule is O=C1NC(=S)N(c2ccccc2)C(=O)C1=Cc1ccccc1OCc1cccc(F)c1. The van der Waals surface area contributed by atoms with E-state index in [2.05, 4.69) is 5.32 Å². The van der Waals surface area contributed by atoms with Crippen LogP contribution < -0.4 is 15.0 Å². The first-order valence-corrected chi connectivity index (χ1v) is 9.86. The summed E-state index contributed by atoms with van der Waals surface area (Å²) in [7, 11) is 0. The van der Waals surface area contributed by atoms with Crippen molar-refractivity contribution in [2.75, 3.05) is 4.90 Å². The molecule has 1 fully saturated rings. The molecule has 5 nitrogen and oxygen atoms in total. The van der Waals surface area contributed by atoms with E-state index in [-0.39, 0.29) is 23.1 Å². The molecule has 0 saturated carbocycles. The quantitative estimate of drug-likeness (QED) is 0.372. The lowest BCUT2D eigenvalue weighted by atomic mass is 10.1. The smallest absolute Gasteiger partial charge is 0.270 e. The molecule has 1 aliphatic heterocycles. The van der Waals surface area contributed by atoms with Crippen LogP contribution in [0.1, 0.15) is 11.1 Å². The van der Waals surface area contributed by atoms with Crippen molar-refractivity contribution in [3.8, 4) is 5.75 Å². The van der Waals surface area contributed by atoms with Gasteiger partial charge in [0.1, 0.15) is 23.7 Å². The van der Waals surface area contributed by atoms with Crippen molar-refractivity contribution < 1.29 is 18.7 Å². The van der Waals surface area contributed by atoms with Gasteiger partial charge in [0.15, 0.2) is 5.11 Å². The second-order valence-corrected chi connectivity index (χ2v) is 7.14. The molecule has 1 heterocycles. The second kappa shape index (κ2) is 8.89. The van der Waals surface area contributed by atoms with Crippen molar-refractivity contribution in [3.63, 3.8) is 0 Å². The molecule has 2 amide bonds. The van der Waals surface area contributed by atoms with Gasteiger partial charge in [-0.1, -0.05) is 48.5 Å². The maximum atomic E-state index is 13.4. The molecule has 0 unspecified atom stereocenters. The Morgan fingerprint density at radius 1 is 0.968 bits per heavy atom. The zero-order valence-electron chi connectivity index (χ0n) is 16.2. The van der Waals surface area contributed by atoms with Crippen LogP contribution in [0.4, 0.5) is 10.1 Å². The molecule has 3 aromatic rings. The average molecular weight is 432 g/mol. The number of hydrogen-bond acceptors (Lipinski definition) is 4. The second-order valence-electron chi connectivity index (χ2n) is 6.75. The fourth-order valence-electron chi connectivity index (χ4n) is 3.14. The summed E-state index contributed by atoms with van der Waals surface area (Å²) in [6.45, 7) is 0.137. The zero-order chi connectivity index (χ0) is 21.8. The van der Waals surface area contributed by atoms with Gasteiger partial charge in [-0.05, 0) is 54.2 Å². The Morgan fingerprint density at radius 3 is 2.48 bits per heavy atom. The Labute approximate surface area is 183 Å². The van der Waals surface area contributed by atoms with E-state index < -0.39 is 11.8 Å². The van der Waals surface area contributed by atoms with Gasteiger partial charge in [0.05, 0.1) is 5.69 Å². The molecular formula is C24H17FN2O3S. The van der Waals surface area contributed by atoms with Crippen molar-refractivity contribution in [1.82, 2.24) is 5.32 Å². The van der Waals surface area contributed by atoms with Crippen LogP contribution in [0.2, 0.25) is 0 Å². The van der Waals surface area contributed by atoms with E-state index in [1.54, 1.807) is 60.7 Å². The Balaban J connectivity index is 1.63. The molecule has 0 atom stereocenters. The van der Waals surface area contributed by atoms with Crippen molar-refractivity contribution >= 4 is 40.9 Å². The number of benzene rings is 3. The van der Waals surface area contributed by atoms with Crippen LogP contribution in [0.15, 0.2) is 84.4 Å². The molecule has 1 saturated heterocycles. The first-order chi connectivity index (χ1) is 15.0. The van der Waals surface area contributed by atoms with E-state index in [9.17, 15) is 14.0 Å². The highest BCUT2D eigenvalue weighted by atomic mass is 32.1. The fourth-order valence-corrected chi connectivity index (χ4v) is 3.42. The van der Waals surface area contributed by atoms with Crippen molar-refractivity contribution in [2.24, 2.45) is 0 Å². The van der Waals surface area contributed by atoms with E-state index in [0.717, 1.165) is 0 Å². The van der Waals surface area contributed by atoms with E-state index >= 15 is 0 Å². The number of nitrogens with one attached hydrogen (secondary N) is 1. The van der Waals surface area contributed by atoms with Crippen LogP contribution in [0, 0.1) is 5.82 Å². The normalized spacial score (nSPS) is 15.2. The van der Waals surface area contributed by atoms with Gasteiger partial charge in [0.2, 0.25) is 0 Å². The highest BCUT2D eigenvalue weighted by Gasteiger charge is 2.34. The zero-order valence-corrected chi connectivity index (χ0v) is 17.1. The number of hydrogen-bond donors (Lipinski definition) is 1. The summed E-state index contributed by atoms with van der Waals surface area (Å²) in [6.07, 6.45) is 1.47. The minimum absolute atomic E-state index is 0.0222. The third-order valence-electron chi connectivity index (χ3n) is 4.62. The van der Waals surface area contributed by atoms with E-state index in [1.165, 1.54) is 23.1 Å². The van der Waals surface area contributed by atoms with Crippen LogP contribution in [-0.2, 0) is 16.2 Å².